The summed E-state index contributed by atoms with van der Waals surface area (Å²) in [4.78, 5) is 11.9. The average Bonchev–Trinajstić information content (AvgIpc) is 2.89. The maximum absolute atomic E-state index is 12.9. The van der Waals surface area contributed by atoms with E-state index in [2.05, 4.69) is 10.5 Å². The second kappa shape index (κ2) is 6.21. The molecule has 0 fully saturated rings. The standard InChI is InChI=1S/C15H16FN3O2/c1-3-12-14(15(20)18-2)13(21-19-12)8-11(17)9-4-6-10(16)7-5-9/h4-8H,3,17H2,1-2H3,(H,18,20)/b11-8-. The minimum absolute atomic E-state index is 0.285. The number of carbonyl (C=O) groups is 1. The van der Waals surface area contributed by atoms with E-state index in [0.717, 1.165) is 0 Å². The Morgan fingerprint density at radius 1 is 1.43 bits per heavy atom. The number of aromatic nitrogens is 1. The fourth-order valence-electron chi connectivity index (χ4n) is 1.91. The third-order valence-corrected chi connectivity index (χ3v) is 3.04. The van der Waals surface area contributed by atoms with Crippen LogP contribution in [0.4, 0.5) is 4.39 Å². The minimum Gasteiger partial charge on any atom is -0.398 e. The highest BCUT2D eigenvalue weighted by Gasteiger charge is 2.19. The van der Waals surface area contributed by atoms with Gasteiger partial charge in [0.2, 0.25) is 0 Å². The van der Waals surface area contributed by atoms with E-state index in [1.165, 1.54) is 25.3 Å². The molecule has 110 valence electrons. The number of hydrogen-bond acceptors (Lipinski definition) is 4. The van der Waals surface area contributed by atoms with Crippen LogP contribution < -0.4 is 11.1 Å². The quantitative estimate of drug-likeness (QED) is 0.904. The Morgan fingerprint density at radius 2 is 2.10 bits per heavy atom. The molecule has 0 unspecified atom stereocenters. The minimum atomic E-state index is -0.342. The number of carbonyl (C=O) groups excluding carboxylic acids is 1. The Bertz CT molecular complexity index is 675. The van der Waals surface area contributed by atoms with Crippen molar-refractivity contribution < 1.29 is 13.7 Å². The highest BCUT2D eigenvalue weighted by Crippen LogP contribution is 2.20. The molecule has 0 spiro atoms. The number of aryl methyl sites for hydroxylation is 1. The van der Waals surface area contributed by atoms with Crippen LogP contribution in [0.1, 0.15) is 34.3 Å². The Kier molecular flexibility index (Phi) is 4.37. The molecule has 5 nitrogen and oxygen atoms in total. The Hall–Kier alpha value is -2.63. The van der Waals surface area contributed by atoms with E-state index >= 15 is 0 Å². The SMILES string of the molecule is CCc1noc(/C=C(\N)c2ccc(F)cc2)c1C(=O)NC. The summed E-state index contributed by atoms with van der Waals surface area (Å²) >= 11 is 0. The van der Waals surface area contributed by atoms with Gasteiger partial charge in [-0.2, -0.15) is 0 Å². The zero-order valence-corrected chi connectivity index (χ0v) is 11.8. The molecule has 0 radical (unpaired) electrons. The first-order valence-corrected chi connectivity index (χ1v) is 6.50. The molecular weight excluding hydrogens is 273 g/mol. The fraction of sp³-hybridized carbons (Fsp3) is 0.200. The van der Waals surface area contributed by atoms with E-state index in [9.17, 15) is 9.18 Å². The number of hydrogen-bond donors (Lipinski definition) is 2. The molecule has 3 N–H and O–H groups in total. The molecule has 0 atom stereocenters. The van der Waals surface area contributed by atoms with Crippen LogP contribution >= 0.6 is 0 Å². The summed E-state index contributed by atoms with van der Waals surface area (Å²) in [5, 5.41) is 6.41. The second-order valence-corrected chi connectivity index (χ2v) is 4.41. The van der Waals surface area contributed by atoms with Crippen molar-refractivity contribution in [2.24, 2.45) is 5.73 Å². The van der Waals surface area contributed by atoms with Gasteiger partial charge < -0.3 is 15.6 Å². The van der Waals surface area contributed by atoms with Gasteiger partial charge in [0.25, 0.3) is 5.91 Å². The van der Waals surface area contributed by atoms with Crippen molar-refractivity contribution in [1.29, 1.82) is 0 Å². The normalized spacial score (nSPS) is 11.5. The molecule has 21 heavy (non-hydrogen) atoms. The third-order valence-electron chi connectivity index (χ3n) is 3.04. The summed E-state index contributed by atoms with van der Waals surface area (Å²) in [7, 11) is 1.53. The predicted octanol–water partition coefficient (Wildman–Crippen LogP) is 2.19. The van der Waals surface area contributed by atoms with Crippen molar-refractivity contribution in [3.8, 4) is 0 Å². The van der Waals surface area contributed by atoms with Crippen molar-refractivity contribution in [1.82, 2.24) is 10.5 Å². The van der Waals surface area contributed by atoms with Gasteiger partial charge in [0, 0.05) is 18.8 Å². The molecule has 0 aliphatic carbocycles. The average molecular weight is 289 g/mol. The lowest BCUT2D eigenvalue weighted by Gasteiger charge is -2.02. The molecule has 0 aliphatic heterocycles. The highest BCUT2D eigenvalue weighted by molar-refractivity contribution is 5.99. The number of halogens is 1. The van der Waals surface area contributed by atoms with Crippen molar-refractivity contribution in [3.63, 3.8) is 0 Å². The van der Waals surface area contributed by atoms with Gasteiger partial charge >= 0.3 is 0 Å². The second-order valence-electron chi connectivity index (χ2n) is 4.41. The topological polar surface area (TPSA) is 81.2 Å². The maximum Gasteiger partial charge on any atom is 0.256 e. The molecule has 2 rings (SSSR count). The largest absolute Gasteiger partial charge is 0.398 e. The zero-order valence-electron chi connectivity index (χ0n) is 11.8. The van der Waals surface area contributed by atoms with E-state index < -0.39 is 0 Å². The molecule has 0 saturated heterocycles. The predicted molar refractivity (Wildman–Crippen MR) is 77.7 cm³/mol. The van der Waals surface area contributed by atoms with Crippen LogP contribution in [0.5, 0.6) is 0 Å². The summed E-state index contributed by atoms with van der Waals surface area (Å²) in [5.41, 5.74) is 7.88. The Balaban J connectivity index is 2.42. The van der Waals surface area contributed by atoms with Crippen LogP contribution in [0.25, 0.3) is 11.8 Å². The number of amides is 1. The highest BCUT2D eigenvalue weighted by atomic mass is 19.1. The molecule has 2 aromatic rings. The van der Waals surface area contributed by atoms with Crippen LogP contribution in [0.15, 0.2) is 28.8 Å². The summed E-state index contributed by atoms with van der Waals surface area (Å²) in [6, 6.07) is 5.73. The van der Waals surface area contributed by atoms with Crippen molar-refractivity contribution in [3.05, 3.63) is 52.7 Å². The number of nitrogens with one attached hydrogen (secondary N) is 1. The summed E-state index contributed by atoms with van der Waals surface area (Å²) in [6.45, 7) is 1.88. The lowest BCUT2D eigenvalue weighted by atomic mass is 10.1. The lowest BCUT2D eigenvalue weighted by molar-refractivity contribution is 0.0961. The summed E-state index contributed by atoms with van der Waals surface area (Å²) < 4.78 is 18.1. The zero-order chi connectivity index (χ0) is 15.4. The van der Waals surface area contributed by atoms with Gasteiger partial charge in [0.15, 0.2) is 5.76 Å². The molecule has 0 saturated carbocycles. The van der Waals surface area contributed by atoms with Gasteiger partial charge in [0.1, 0.15) is 11.4 Å². The van der Waals surface area contributed by atoms with Crippen LogP contribution in [-0.2, 0) is 6.42 Å². The number of nitrogens with zero attached hydrogens (tertiary/aromatic N) is 1. The van der Waals surface area contributed by atoms with E-state index in [0.29, 0.717) is 28.9 Å². The van der Waals surface area contributed by atoms with Crippen molar-refractivity contribution in [2.75, 3.05) is 7.05 Å². The molecule has 1 amide bonds. The van der Waals surface area contributed by atoms with Crippen molar-refractivity contribution in [2.45, 2.75) is 13.3 Å². The van der Waals surface area contributed by atoms with Crippen LogP contribution in [0.3, 0.4) is 0 Å². The summed E-state index contributed by atoms with van der Waals surface area (Å²) in [5.74, 6) is -0.343. The first kappa shape index (κ1) is 14.8. The first-order chi connectivity index (χ1) is 10.1. The van der Waals surface area contributed by atoms with E-state index in [-0.39, 0.29) is 17.5 Å². The van der Waals surface area contributed by atoms with E-state index in [1.54, 1.807) is 12.1 Å². The fourth-order valence-corrected chi connectivity index (χ4v) is 1.91. The van der Waals surface area contributed by atoms with Gasteiger partial charge in [0.05, 0.1) is 5.69 Å². The number of rotatable bonds is 4. The molecule has 1 aromatic carbocycles. The van der Waals surface area contributed by atoms with Crippen LogP contribution in [0.2, 0.25) is 0 Å². The molecule has 1 aromatic heterocycles. The van der Waals surface area contributed by atoms with Gasteiger partial charge in [-0.25, -0.2) is 4.39 Å². The number of nitrogens with two attached hydrogens (primary N) is 1. The van der Waals surface area contributed by atoms with E-state index in [4.69, 9.17) is 10.3 Å². The van der Waals surface area contributed by atoms with Gasteiger partial charge in [-0.15, -0.1) is 0 Å². The third kappa shape index (κ3) is 3.10. The maximum atomic E-state index is 12.9. The van der Waals surface area contributed by atoms with Crippen molar-refractivity contribution >= 4 is 17.7 Å². The van der Waals surface area contributed by atoms with Crippen LogP contribution in [0, 0.1) is 5.82 Å². The Labute approximate surface area is 121 Å². The lowest BCUT2D eigenvalue weighted by Crippen LogP contribution is -2.19. The monoisotopic (exact) mass is 289 g/mol. The molecule has 0 bridgehead atoms. The van der Waals surface area contributed by atoms with Gasteiger partial charge in [-0.3, -0.25) is 4.79 Å². The molecule has 1 heterocycles. The summed E-state index contributed by atoms with van der Waals surface area (Å²) in [6.07, 6.45) is 2.08. The van der Waals surface area contributed by atoms with Crippen LogP contribution in [-0.4, -0.2) is 18.1 Å². The van der Waals surface area contributed by atoms with Gasteiger partial charge in [-0.05, 0) is 24.1 Å². The molecule has 0 aliphatic rings. The molecule has 6 heteroatoms. The smallest absolute Gasteiger partial charge is 0.256 e. The van der Waals surface area contributed by atoms with E-state index in [1.807, 2.05) is 6.92 Å². The number of benzene rings is 1. The molecular formula is C15H16FN3O2. The van der Waals surface area contributed by atoms with Gasteiger partial charge in [-0.1, -0.05) is 24.2 Å². The first-order valence-electron chi connectivity index (χ1n) is 6.50. The Morgan fingerprint density at radius 3 is 2.67 bits per heavy atom.